The first-order chi connectivity index (χ1) is 10.2. The molecule has 0 spiro atoms. The Labute approximate surface area is 125 Å². The molecule has 21 heavy (non-hydrogen) atoms. The van der Waals surface area contributed by atoms with E-state index < -0.39 is 0 Å². The summed E-state index contributed by atoms with van der Waals surface area (Å²) in [6.07, 6.45) is 7.80. The van der Waals surface area contributed by atoms with Gasteiger partial charge in [0.1, 0.15) is 0 Å². The number of nitrogens with zero attached hydrogens (tertiary/aromatic N) is 3. The van der Waals surface area contributed by atoms with E-state index in [1.807, 2.05) is 18.3 Å². The normalized spacial score (nSPS) is 11.0. The molecule has 0 saturated carbocycles. The Kier molecular flexibility index (Phi) is 3.77. The van der Waals surface area contributed by atoms with Gasteiger partial charge in [-0.15, -0.1) is 0 Å². The first-order valence-corrected chi connectivity index (χ1v) is 7.22. The van der Waals surface area contributed by atoms with E-state index in [9.17, 15) is 0 Å². The maximum Gasteiger partial charge on any atom is 0.0923 e. The van der Waals surface area contributed by atoms with Gasteiger partial charge < -0.3 is 14.5 Å². The molecular formula is C17H20N4. The number of rotatable bonds is 5. The Morgan fingerprint density at radius 2 is 2.00 bits per heavy atom. The highest BCUT2D eigenvalue weighted by atomic mass is 15.2. The van der Waals surface area contributed by atoms with E-state index in [2.05, 4.69) is 69.9 Å². The van der Waals surface area contributed by atoms with Gasteiger partial charge in [0.2, 0.25) is 0 Å². The lowest BCUT2D eigenvalue weighted by Crippen LogP contribution is -2.30. The van der Waals surface area contributed by atoms with Crippen LogP contribution in [0.1, 0.15) is 19.5 Å². The van der Waals surface area contributed by atoms with Gasteiger partial charge in [-0.3, -0.25) is 0 Å². The van der Waals surface area contributed by atoms with Gasteiger partial charge >= 0.3 is 0 Å². The zero-order chi connectivity index (χ0) is 14.7. The van der Waals surface area contributed by atoms with Crippen molar-refractivity contribution in [2.45, 2.75) is 26.4 Å². The minimum absolute atomic E-state index is 0.404. The molecule has 0 radical (unpaired) electrons. The molecule has 0 fully saturated rings. The monoisotopic (exact) mass is 280 g/mol. The van der Waals surface area contributed by atoms with Gasteiger partial charge in [0.05, 0.1) is 18.6 Å². The van der Waals surface area contributed by atoms with Crippen molar-refractivity contribution in [3.63, 3.8) is 0 Å². The quantitative estimate of drug-likeness (QED) is 0.775. The largest absolute Gasteiger partial charge is 0.363 e. The van der Waals surface area contributed by atoms with Crippen LogP contribution in [0.2, 0.25) is 0 Å². The molecule has 0 aliphatic heterocycles. The maximum atomic E-state index is 4.33. The number of aromatic nitrogens is 3. The summed E-state index contributed by atoms with van der Waals surface area (Å²) >= 11 is 0. The van der Waals surface area contributed by atoms with Crippen molar-refractivity contribution in [3.8, 4) is 5.69 Å². The SMILES string of the molecule is CC(C)N(Cc1c[nH]cn1)c1cccc(-n2cccc2)c1. The highest BCUT2D eigenvalue weighted by molar-refractivity contribution is 5.54. The smallest absolute Gasteiger partial charge is 0.0923 e. The molecule has 0 saturated heterocycles. The highest BCUT2D eigenvalue weighted by Crippen LogP contribution is 2.22. The van der Waals surface area contributed by atoms with E-state index in [4.69, 9.17) is 0 Å². The lowest BCUT2D eigenvalue weighted by molar-refractivity contribution is 0.675. The second-order valence-electron chi connectivity index (χ2n) is 5.39. The van der Waals surface area contributed by atoms with Crippen molar-refractivity contribution in [1.82, 2.24) is 14.5 Å². The van der Waals surface area contributed by atoms with Crippen LogP contribution >= 0.6 is 0 Å². The van der Waals surface area contributed by atoms with Crippen LogP contribution in [-0.2, 0) is 6.54 Å². The third-order valence-electron chi connectivity index (χ3n) is 3.57. The molecule has 0 atom stereocenters. The molecule has 0 unspecified atom stereocenters. The molecule has 108 valence electrons. The van der Waals surface area contributed by atoms with Gasteiger partial charge in [0, 0.05) is 36.0 Å². The number of anilines is 1. The molecule has 0 aliphatic rings. The third-order valence-corrected chi connectivity index (χ3v) is 3.57. The minimum Gasteiger partial charge on any atom is -0.363 e. The summed E-state index contributed by atoms with van der Waals surface area (Å²) in [4.78, 5) is 9.70. The Hall–Kier alpha value is -2.49. The molecule has 0 aliphatic carbocycles. The van der Waals surface area contributed by atoms with Gasteiger partial charge in [-0.25, -0.2) is 4.98 Å². The molecule has 2 heterocycles. The summed E-state index contributed by atoms with van der Waals surface area (Å²) in [7, 11) is 0. The fraction of sp³-hybridized carbons (Fsp3) is 0.235. The van der Waals surface area contributed by atoms with Crippen molar-refractivity contribution >= 4 is 5.69 Å². The highest BCUT2D eigenvalue weighted by Gasteiger charge is 2.13. The van der Waals surface area contributed by atoms with Crippen molar-refractivity contribution in [2.75, 3.05) is 4.90 Å². The van der Waals surface area contributed by atoms with E-state index in [1.165, 1.54) is 11.4 Å². The lowest BCUT2D eigenvalue weighted by Gasteiger charge is -2.28. The lowest BCUT2D eigenvalue weighted by atomic mass is 10.2. The van der Waals surface area contributed by atoms with Crippen LogP contribution in [0.25, 0.3) is 5.69 Å². The minimum atomic E-state index is 0.404. The number of benzene rings is 1. The molecular weight excluding hydrogens is 260 g/mol. The first kappa shape index (κ1) is 13.5. The summed E-state index contributed by atoms with van der Waals surface area (Å²) in [6, 6.07) is 13.1. The fourth-order valence-electron chi connectivity index (χ4n) is 2.46. The Bertz CT molecular complexity index is 669. The van der Waals surface area contributed by atoms with Gasteiger partial charge in [-0.1, -0.05) is 6.07 Å². The predicted molar refractivity (Wildman–Crippen MR) is 85.7 cm³/mol. The molecule has 3 rings (SSSR count). The van der Waals surface area contributed by atoms with Gasteiger partial charge in [0.15, 0.2) is 0 Å². The van der Waals surface area contributed by atoms with Gasteiger partial charge in [-0.05, 0) is 44.2 Å². The summed E-state index contributed by atoms with van der Waals surface area (Å²) in [6.45, 7) is 5.21. The summed E-state index contributed by atoms with van der Waals surface area (Å²) < 4.78 is 2.12. The zero-order valence-corrected chi connectivity index (χ0v) is 12.4. The Balaban J connectivity index is 1.91. The van der Waals surface area contributed by atoms with Crippen LogP contribution in [0.15, 0.2) is 61.3 Å². The molecule has 2 aromatic heterocycles. The van der Waals surface area contributed by atoms with Crippen LogP contribution in [0, 0.1) is 0 Å². The third kappa shape index (κ3) is 2.99. The summed E-state index contributed by atoms with van der Waals surface area (Å²) in [5, 5.41) is 0. The average molecular weight is 280 g/mol. The second-order valence-corrected chi connectivity index (χ2v) is 5.39. The summed E-state index contributed by atoms with van der Waals surface area (Å²) in [5.41, 5.74) is 3.43. The molecule has 0 bridgehead atoms. The van der Waals surface area contributed by atoms with Crippen molar-refractivity contribution < 1.29 is 0 Å². The standard InChI is InChI=1S/C17H20N4/c1-14(2)21(12-15-11-18-13-19-15)17-7-5-6-16(10-17)20-8-3-4-9-20/h3-11,13-14H,12H2,1-2H3,(H,18,19). The number of aromatic amines is 1. The number of imidazole rings is 1. The molecule has 4 heteroatoms. The predicted octanol–water partition coefficient (Wildman–Crippen LogP) is 3.62. The number of nitrogens with one attached hydrogen (secondary N) is 1. The molecule has 1 aromatic carbocycles. The van der Waals surface area contributed by atoms with E-state index in [0.29, 0.717) is 6.04 Å². The fourth-order valence-corrected chi connectivity index (χ4v) is 2.46. The second kappa shape index (κ2) is 5.87. The van der Waals surface area contributed by atoms with Crippen LogP contribution in [0.4, 0.5) is 5.69 Å². The van der Waals surface area contributed by atoms with Crippen LogP contribution < -0.4 is 4.90 Å². The molecule has 1 N–H and O–H groups in total. The van der Waals surface area contributed by atoms with E-state index >= 15 is 0 Å². The van der Waals surface area contributed by atoms with Crippen LogP contribution in [0.3, 0.4) is 0 Å². The maximum absolute atomic E-state index is 4.33. The first-order valence-electron chi connectivity index (χ1n) is 7.22. The Morgan fingerprint density at radius 3 is 2.67 bits per heavy atom. The number of H-pyrrole nitrogens is 1. The van der Waals surface area contributed by atoms with E-state index in [1.54, 1.807) is 6.33 Å². The van der Waals surface area contributed by atoms with Crippen molar-refractivity contribution in [1.29, 1.82) is 0 Å². The van der Waals surface area contributed by atoms with E-state index in [0.717, 1.165) is 12.2 Å². The van der Waals surface area contributed by atoms with Crippen LogP contribution in [-0.4, -0.2) is 20.6 Å². The van der Waals surface area contributed by atoms with Crippen molar-refractivity contribution in [3.05, 3.63) is 67.0 Å². The number of hydrogen-bond donors (Lipinski definition) is 1. The molecule has 4 nitrogen and oxygen atoms in total. The van der Waals surface area contributed by atoms with E-state index in [-0.39, 0.29) is 0 Å². The Morgan fingerprint density at radius 1 is 1.19 bits per heavy atom. The van der Waals surface area contributed by atoms with Crippen molar-refractivity contribution in [2.24, 2.45) is 0 Å². The number of hydrogen-bond acceptors (Lipinski definition) is 2. The molecule has 0 amide bonds. The zero-order valence-electron chi connectivity index (χ0n) is 12.4. The van der Waals surface area contributed by atoms with Gasteiger partial charge in [-0.2, -0.15) is 0 Å². The average Bonchev–Trinajstić information content (AvgIpc) is 3.18. The summed E-state index contributed by atoms with van der Waals surface area (Å²) in [5.74, 6) is 0. The molecule has 3 aromatic rings. The van der Waals surface area contributed by atoms with Crippen LogP contribution in [0.5, 0.6) is 0 Å². The van der Waals surface area contributed by atoms with Gasteiger partial charge in [0.25, 0.3) is 0 Å². The topological polar surface area (TPSA) is 36.9 Å².